The zero-order valence-corrected chi connectivity index (χ0v) is 30.2. The number of carbonyl (C=O) groups excluding carboxylic acids is 6. The van der Waals surface area contributed by atoms with Crippen molar-refractivity contribution in [1.29, 1.82) is 0 Å². The van der Waals surface area contributed by atoms with Crippen LogP contribution in [0.3, 0.4) is 0 Å². The van der Waals surface area contributed by atoms with Crippen LogP contribution < -0.4 is 0 Å². The molecule has 12 atom stereocenters. The standard InChI is InChI=1S/C36H54O12/c1-12-18(5)31(41)47-29-26-27(46-24(39)13-2)19(6)15-36(26,43)32(42)34(11,48-21(8)38)28-25-22(33(25,9)10)14-23(45-20(7)37)35(28,29)16-44-30(40)17(3)4/h17-19,22-23,25-29,43H,12-16H2,1-11H3. The van der Waals surface area contributed by atoms with E-state index >= 15 is 4.79 Å². The van der Waals surface area contributed by atoms with Gasteiger partial charge in [-0.15, -0.1) is 0 Å². The fraction of sp³-hybridized carbons (Fsp3) is 0.833. The molecule has 4 saturated carbocycles. The monoisotopic (exact) mass is 678 g/mol. The third kappa shape index (κ3) is 5.93. The van der Waals surface area contributed by atoms with E-state index in [1.807, 2.05) is 20.8 Å². The first-order valence-corrected chi connectivity index (χ1v) is 17.4. The largest absolute Gasteiger partial charge is 0.465 e. The van der Waals surface area contributed by atoms with Gasteiger partial charge in [0.15, 0.2) is 5.60 Å². The first-order chi connectivity index (χ1) is 22.1. The lowest BCUT2D eigenvalue weighted by atomic mass is 9.55. The van der Waals surface area contributed by atoms with Gasteiger partial charge in [0.2, 0.25) is 5.78 Å². The summed E-state index contributed by atoms with van der Waals surface area (Å²) in [4.78, 5) is 81.2. The highest BCUT2D eigenvalue weighted by atomic mass is 16.6. The minimum atomic E-state index is -2.33. The lowest BCUT2D eigenvalue weighted by Gasteiger charge is -2.55. The van der Waals surface area contributed by atoms with E-state index in [0.717, 1.165) is 6.92 Å². The van der Waals surface area contributed by atoms with Crippen molar-refractivity contribution in [3.05, 3.63) is 0 Å². The second-order valence-corrected chi connectivity index (χ2v) is 15.8. The summed E-state index contributed by atoms with van der Waals surface area (Å²) in [6.07, 6.45) is -3.29. The average Bonchev–Trinajstić information content (AvgIpc) is 3.44. The van der Waals surface area contributed by atoms with Crippen LogP contribution in [0.1, 0.15) is 102 Å². The molecule has 0 amide bonds. The molecular weight excluding hydrogens is 624 g/mol. The van der Waals surface area contributed by atoms with Gasteiger partial charge in [-0.25, -0.2) is 0 Å². The van der Waals surface area contributed by atoms with Gasteiger partial charge in [-0.3, -0.25) is 28.8 Å². The summed E-state index contributed by atoms with van der Waals surface area (Å²) in [7, 11) is 0. The van der Waals surface area contributed by atoms with Crippen LogP contribution in [0, 0.1) is 52.3 Å². The maximum Gasteiger partial charge on any atom is 0.308 e. The van der Waals surface area contributed by atoms with Crippen molar-refractivity contribution in [1.82, 2.24) is 0 Å². The maximum atomic E-state index is 15.2. The quantitative estimate of drug-likeness (QED) is 0.261. The summed E-state index contributed by atoms with van der Waals surface area (Å²) < 4.78 is 30.7. The van der Waals surface area contributed by atoms with Crippen molar-refractivity contribution in [2.45, 2.75) is 131 Å². The zero-order chi connectivity index (χ0) is 36.3. The number of ether oxygens (including phenoxy) is 5. The molecule has 0 bridgehead atoms. The SMILES string of the molecule is CCC(=O)OC1C(C)CC2(O)C(=O)C(C)(OC(C)=O)C3C4C(CC(OC(C)=O)C3(COC(=O)C(C)C)C(OC(=O)C(C)CC)C12)C4(C)C. The number of carbonyl (C=O) groups is 6. The molecule has 12 nitrogen and oxygen atoms in total. The fourth-order valence-electron chi connectivity index (χ4n) is 9.45. The minimum Gasteiger partial charge on any atom is -0.465 e. The Morgan fingerprint density at radius 2 is 1.54 bits per heavy atom. The molecule has 4 rings (SSSR count). The van der Waals surface area contributed by atoms with E-state index in [2.05, 4.69) is 0 Å². The van der Waals surface area contributed by atoms with Crippen molar-refractivity contribution in [3.63, 3.8) is 0 Å². The molecule has 0 aliphatic heterocycles. The molecule has 1 N–H and O–H groups in total. The smallest absolute Gasteiger partial charge is 0.308 e. The van der Waals surface area contributed by atoms with Gasteiger partial charge < -0.3 is 28.8 Å². The van der Waals surface area contributed by atoms with Crippen LogP contribution >= 0.6 is 0 Å². The number of esters is 5. The summed E-state index contributed by atoms with van der Waals surface area (Å²) in [5.41, 5.74) is -6.61. The van der Waals surface area contributed by atoms with Gasteiger partial charge in [0.25, 0.3) is 0 Å². The molecule has 0 aromatic heterocycles. The molecule has 0 heterocycles. The summed E-state index contributed by atoms with van der Waals surface area (Å²) in [5, 5.41) is 12.8. The Hall–Kier alpha value is -3.02. The van der Waals surface area contributed by atoms with Gasteiger partial charge in [0.1, 0.15) is 30.5 Å². The van der Waals surface area contributed by atoms with Gasteiger partial charge in [-0.2, -0.15) is 0 Å². The molecular formula is C36H54O12. The molecule has 270 valence electrons. The molecule has 4 fully saturated rings. The van der Waals surface area contributed by atoms with Crippen molar-refractivity contribution in [3.8, 4) is 0 Å². The van der Waals surface area contributed by atoms with Crippen molar-refractivity contribution in [2.24, 2.45) is 52.3 Å². The van der Waals surface area contributed by atoms with Crippen molar-refractivity contribution < 1.29 is 57.6 Å². The number of hydrogen-bond acceptors (Lipinski definition) is 12. The summed E-state index contributed by atoms with van der Waals surface area (Å²) in [5.74, 6) is -8.90. The molecule has 0 spiro atoms. The molecule has 0 aromatic carbocycles. The maximum absolute atomic E-state index is 15.2. The highest BCUT2D eigenvalue weighted by molar-refractivity contribution is 5.98. The number of rotatable bonds is 10. The van der Waals surface area contributed by atoms with E-state index in [-0.39, 0.29) is 31.1 Å². The normalized spacial score (nSPS) is 39.9. The molecule has 0 radical (unpaired) electrons. The van der Waals surface area contributed by atoms with Crippen LogP contribution in [-0.2, 0) is 52.5 Å². The summed E-state index contributed by atoms with van der Waals surface area (Å²) >= 11 is 0. The zero-order valence-electron chi connectivity index (χ0n) is 30.2. The third-order valence-electron chi connectivity index (χ3n) is 12.0. The lowest BCUT2D eigenvalue weighted by Crippen LogP contribution is -2.66. The van der Waals surface area contributed by atoms with Crippen LogP contribution in [0.5, 0.6) is 0 Å². The molecule has 12 heteroatoms. The molecule has 4 aliphatic rings. The average molecular weight is 679 g/mol. The van der Waals surface area contributed by atoms with Crippen molar-refractivity contribution >= 4 is 35.6 Å². The second kappa shape index (κ2) is 13.0. The molecule has 0 aromatic rings. The van der Waals surface area contributed by atoms with Crippen LogP contribution in [0.4, 0.5) is 0 Å². The number of ketones is 1. The summed E-state index contributed by atoms with van der Waals surface area (Å²) in [6, 6.07) is 0. The molecule has 48 heavy (non-hydrogen) atoms. The van der Waals surface area contributed by atoms with Crippen molar-refractivity contribution in [2.75, 3.05) is 6.61 Å². The predicted octanol–water partition coefficient (Wildman–Crippen LogP) is 3.97. The van der Waals surface area contributed by atoms with E-state index in [1.165, 1.54) is 13.8 Å². The first-order valence-electron chi connectivity index (χ1n) is 17.4. The van der Waals surface area contributed by atoms with Gasteiger partial charge in [-0.05, 0) is 49.4 Å². The van der Waals surface area contributed by atoms with Crippen LogP contribution in [-0.4, -0.2) is 76.9 Å². The van der Waals surface area contributed by atoms with E-state index in [0.29, 0.717) is 6.42 Å². The fourth-order valence-corrected chi connectivity index (χ4v) is 9.45. The van der Waals surface area contributed by atoms with Gasteiger partial charge in [0, 0.05) is 26.2 Å². The third-order valence-corrected chi connectivity index (χ3v) is 12.0. The number of fused-ring (bicyclic) bond motifs is 4. The molecule has 4 aliphatic carbocycles. The Kier molecular flexibility index (Phi) is 10.3. The van der Waals surface area contributed by atoms with E-state index < -0.39 is 112 Å². The van der Waals surface area contributed by atoms with Gasteiger partial charge in [-0.1, -0.05) is 55.4 Å². The second-order valence-electron chi connectivity index (χ2n) is 15.8. The Bertz CT molecular complexity index is 1340. The minimum absolute atomic E-state index is 0.00140. The Morgan fingerprint density at radius 3 is 2.06 bits per heavy atom. The topological polar surface area (TPSA) is 169 Å². The van der Waals surface area contributed by atoms with Gasteiger partial charge >= 0.3 is 29.8 Å². The summed E-state index contributed by atoms with van der Waals surface area (Å²) in [6.45, 7) is 17.5. The number of Topliss-reactive ketones (excluding diaryl/α,β-unsaturated/α-hetero) is 1. The predicted molar refractivity (Wildman–Crippen MR) is 170 cm³/mol. The highest BCUT2D eigenvalue weighted by Gasteiger charge is 2.84. The number of aliphatic hydroxyl groups is 1. The van der Waals surface area contributed by atoms with Crippen LogP contribution in [0.25, 0.3) is 0 Å². The Labute approximate surface area is 283 Å². The van der Waals surface area contributed by atoms with Crippen LogP contribution in [0.2, 0.25) is 0 Å². The molecule has 0 saturated heterocycles. The highest BCUT2D eigenvalue weighted by Crippen LogP contribution is 2.76. The lowest BCUT2D eigenvalue weighted by molar-refractivity contribution is -0.241. The van der Waals surface area contributed by atoms with E-state index in [9.17, 15) is 29.1 Å². The van der Waals surface area contributed by atoms with Crippen LogP contribution in [0.15, 0.2) is 0 Å². The van der Waals surface area contributed by atoms with E-state index in [1.54, 1.807) is 34.6 Å². The Balaban J connectivity index is 2.17. The first kappa shape index (κ1) is 37.8. The number of hydrogen-bond donors (Lipinski definition) is 1. The molecule has 12 unspecified atom stereocenters. The Morgan fingerprint density at radius 1 is 0.917 bits per heavy atom. The van der Waals surface area contributed by atoms with Gasteiger partial charge in [0.05, 0.1) is 23.2 Å². The van der Waals surface area contributed by atoms with E-state index in [4.69, 9.17) is 23.7 Å².